The molecule has 0 radical (unpaired) electrons. The van der Waals surface area contributed by atoms with Crippen LogP contribution in [0.15, 0.2) is 12.1 Å². The number of fused-ring (bicyclic) bond motifs is 1. The molecule has 2 fully saturated rings. The summed E-state index contributed by atoms with van der Waals surface area (Å²) in [7, 11) is 0. The van der Waals surface area contributed by atoms with Gasteiger partial charge in [0, 0.05) is 13.1 Å². The van der Waals surface area contributed by atoms with Gasteiger partial charge in [-0.2, -0.15) is 0 Å². The number of anilines is 1. The highest BCUT2D eigenvalue weighted by Gasteiger charge is 2.54. The first kappa shape index (κ1) is 20.6. The number of benzene rings is 1. The molecular weight excluding hydrogens is 410 g/mol. The van der Waals surface area contributed by atoms with Crippen LogP contribution in [0.5, 0.6) is 0 Å². The van der Waals surface area contributed by atoms with Crippen LogP contribution in [0.2, 0.25) is 15.1 Å². The van der Waals surface area contributed by atoms with Gasteiger partial charge in [0.2, 0.25) is 5.91 Å². The second-order valence-corrected chi connectivity index (χ2v) is 7.74. The molecule has 1 heterocycles. The van der Waals surface area contributed by atoms with Gasteiger partial charge in [0.15, 0.2) is 0 Å². The molecule has 3 rings (SSSR count). The van der Waals surface area contributed by atoms with Crippen LogP contribution in [-0.2, 0) is 9.59 Å². The molecule has 2 aliphatic rings. The molecule has 1 aromatic carbocycles. The van der Waals surface area contributed by atoms with Crippen molar-refractivity contribution in [1.29, 1.82) is 0 Å². The highest BCUT2D eigenvalue weighted by atomic mass is 35.5. The minimum absolute atomic E-state index is 0. The number of aliphatic carboxylic acids is 1. The fourth-order valence-corrected chi connectivity index (χ4v) is 4.47. The first-order chi connectivity index (χ1) is 11.3. The summed E-state index contributed by atoms with van der Waals surface area (Å²) in [6, 6.07) is 2.97. The Labute approximate surface area is 167 Å². The van der Waals surface area contributed by atoms with Crippen LogP contribution in [0.25, 0.3) is 0 Å². The predicted molar refractivity (Wildman–Crippen MR) is 101 cm³/mol. The molecule has 9 heteroatoms. The Kier molecular flexibility index (Phi) is 6.50. The number of hydrogen-bond acceptors (Lipinski definition) is 3. The van der Waals surface area contributed by atoms with Gasteiger partial charge in [-0.15, -0.1) is 12.4 Å². The summed E-state index contributed by atoms with van der Waals surface area (Å²) >= 11 is 17.9. The maximum atomic E-state index is 12.3. The molecule has 138 valence electrons. The largest absolute Gasteiger partial charge is 0.481 e. The summed E-state index contributed by atoms with van der Waals surface area (Å²) in [5.41, 5.74) is -0.301. The summed E-state index contributed by atoms with van der Waals surface area (Å²) in [4.78, 5) is 25.8. The fourth-order valence-electron chi connectivity index (χ4n) is 3.87. The van der Waals surface area contributed by atoms with Gasteiger partial charge in [-0.1, -0.05) is 41.2 Å². The maximum absolute atomic E-state index is 12.3. The third-order valence-electron chi connectivity index (χ3n) is 5.02. The predicted octanol–water partition coefficient (Wildman–Crippen LogP) is 4.19. The van der Waals surface area contributed by atoms with Gasteiger partial charge < -0.3 is 10.4 Å². The molecule has 25 heavy (non-hydrogen) atoms. The number of hydrogen-bond donors (Lipinski definition) is 2. The number of nitrogens with one attached hydrogen (secondary N) is 1. The van der Waals surface area contributed by atoms with Crippen LogP contribution < -0.4 is 5.32 Å². The number of likely N-dealkylation sites (tertiary alicyclic amines) is 1. The molecule has 1 aromatic rings. The Morgan fingerprint density at radius 3 is 2.56 bits per heavy atom. The number of carboxylic acids is 1. The highest BCUT2D eigenvalue weighted by molar-refractivity contribution is 6.44. The van der Waals surface area contributed by atoms with Crippen LogP contribution in [0, 0.1) is 11.3 Å². The zero-order chi connectivity index (χ0) is 17.5. The van der Waals surface area contributed by atoms with E-state index in [1.807, 2.05) is 4.90 Å². The topological polar surface area (TPSA) is 69.6 Å². The molecule has 2 N–H and O–H groups in total. The smallest absolute Gasteiger partial charge is 0.311 e. The minimum Gasteiger partial charge on any atom is -0.481 e. The number of carboxylic acid groups (broad SMARTS) is 1. The van der Waals surface area contributed by atoms with Crippen molar-refractivity contribution in [2.45, 2.75) is 19.3 Å². The molecule has 1 saturated heterocycles. The Bertz CT molecular complexity index is 700. The van der Waals surface area contributed by atoms with Crippen LogP contribution in [-0.4, -0.2) is 41.5 Å². The van der Waals surface area contributed by atoms with E-state index in [4.69, 9.17) is 34.8 Å². The molecule has 1 amide bonds. The average Bonchev–Trinajstić information content (AvgIpc) is 3.02. The van der Waals surface area contributed by atoms with Crippen molar-refractivity contribution in [3.8, 4) is 0 Å². The Morgan fingerprint density at radius 2 is 1.92 bits per heavy atom. The van der Waals surface area contributed by atoms with Gasteiger partial charge in [-0.05, 0) is 30.9 Å². The van der Waals surface area contributed by atoms with Crippen LogP contribution in [0.4, 0.5) is 5.69 Å². The van der Waals surface area contributed by atoms with E-state index in [2.05, 4.69) is 5.32 Å². The van der Waals surface area contributed by atoms with Crippen LogP contribution >= 0.6 is 47.2 Å². The summed E-state index contributed by atoms with van der Waals surface area (Å²) < 4.78 is 0. The van der Waals surface area contributed by atoms with Gasteiger partial charge in [0.1, 0.15) is 0 Å². The van der Waals surface area contributed by atoms with E-state index < -0.39 is 11.4 Å². The van der Waals surface area contributed by atoms with Gasteiger partial charge in [-0.25, -0.2) is 0 Å². The molecule has 0 aromatic heterocycles. The van der Waals surface area contributed by atoms with Gasteiger partial charge in [0.25, 0.3) is 0 Å². The SMILES string of the molecule is Cl.O=C(CN1C[C@@H]2CCC[C@@]2(C(=O)O)C1)Nc1cc(Cl)c(Cl)cc1Cl. The van der Waals surface area contributed by atoms with Crippen LogP contribution in [0.1, 0.15) is 19.3 Å². The molecule has 0 spiro atoms. The van der Waals surface area contributed by atoms with Crippen molar-refractivity contribution in [2.75, 3.05) is 25.0 Å². The van der Waals surface area contributed by atoms with Gasteiger partial charge >= 0.3 is 5.97 Å². The van der Waals surface area contributed by atoms with Crippen molar-refractivity contribution in [1.82, 2.24) is 4.90 Å². The molecule has 5 nitrogen and oxygen atoms in total. The second-order valence-electron chi connectivity index (χ2n) is 6.51. The summed E-state index contributed by atoms with van der Waals surface area (Å²) in [5, 5.41) is 13.2. The molecular formula is C16H18Cl4N2O3. The number of rotatable bonds is 4. The lowest BCUT2D eigenvalue weighted by atomic mass is 9.81. The standard InChI is InChI=1S/C16H17Cl3N2O3.ClH/c17-10-4-12(19)13(5-11(10)18)20-14(22)7-21-6-9-2-1-3-16(9,8-21)15(23)24;/h4-5,9H,1-3,6-8H2,(H,20,22)(H,23,24);1H/t9-,16+;/m0./s1. The molecule has 2 atom stereocenters. The van der Waals surface area contributed by atoms with E-state index in [1.165, 1.54) is 12.1 Å². The third-order valence-corrected chi connectivity index (χ3v) is 6.05. The molecule has 0 bridgehead atoms. The lowest BCUT2D eigenvalue weighted by Crippen LogP contribution is -2.37. The van der Waals surface area contributed by atoms with E-state index in [0.29, 0.717) is 40.3 Å². The Hall–Kier alpha value is -0.720. The Morgan fingerprint density at radius 1 is 1.24 bits per heavy atom. The quantitative estimate of drug-likeness (QED) is 0.706. The number of carbonyl (C=O) groups excluding carboxylic acids is 1. The van der Waals surface area contributed by atoms with Gasteiger partial charge in [0.05, 0.1) is 32.7 Å². The molecule has 0 unspecified atom stereocenters. The van der Waals surface area contributed by atoms with Crippen molar-refractivity contribution in [3.63, 3.8) is 0 Å². The zero-order valence-electron chi connectivity index (χ0n) is 13.2. The number of amides is 1. The average molecular weight is 428 g/mol. The molecule has 1 aliphatic heterocycles. The summed E-state index contributed by atoms with van der Waals surface area (Å²) in [5.74, 6) is -0.882. The number of nitrogens with zero attached hydrogens (tertiary/aromatic N) is 1. The highest BCUT2D eigenvalue weighted by Crippen LogP contribution is 2.48. The van der Waals surface area contributed by atoms with E-state index in [1.54, 1.807) is 0 Å². The number of halogens is 4. The number of carbonyl (C=O) groups is 2. The van der Waals surface area contributed by atoms with E-state index in [0.717, 1.165) is 12.8 Å². The molecule has 1 aliphatic carbocycles. The summed E-state index contributed by atoms with van der Waals surface area (Å²) in [6.07, 6.45) is 2.53. The van der Waals surface area contributed by atoms with Crippen molar-refractivity contribution >= 4 is 64.8 Å². The lowest BCUT2D eigenvalue weighted by Gasteiger charge is -2.23. The van der Waals surface area contributed by atoms with Crippen molar-refractivity contribution in [3.05, 3.63) is 27.2 Å². The first-order valence-electron chi connectivity index (χ1n) is 7.72. The van der Waals surface area contributed by atoms with Crippen molar-refractivity contribution < 1.29 is 14.7 Å². The normalized spacial score (nSPS) is 25.3. The monoisotopic (exact) mass is 426 g/mol. The maximum Gasteiger partial charge on any atom is 0.311 e. The Balaban J connectivity index is 0.00000225. The lowest BCUT2D eigenvalue weighted by molar-refractivity contribution is -0.149. The zero-order valence-corrected chi connectivity index (χ0v) is 16.3. The molecule has 1 saturated carbocycles. The van der Waals surface area contributed by atoms with Crippen molar-refractivity contribution in [2.24, 2.45) is 11.3 Å². The summed E-state index contributed by atoms with van der Waals surface area (Å²) in [6.45, 7) is 1.17. The van der Waals surface area contributed by atoms with E-state index in [9.17, 15) is 14.7 Å². The van der Waals surface area contributed by atoms with E-state index in [-0.39, 0.29) is 30.8 Å². The second kappa shape index (κ2) is 7.89. The minimum atomic E-state index is -0.750. The van der Waals surface area contributed by atoms with E-state index >= 15 is 0 Å². The van der Waals surface area contributed by atoms with Gasteiger partial charge in [-0.3, -0.25) is 14.5 Å². The van der Waals surface area contributed by atoms with Crippen LogP contribution in [0.3, 0.4) is 0 Å². The fraction of sp³-hybridized carbons (Fsp3) is 0.500. The third kappa shape index (κ3) is 4.01. The first-order valence-corrected chi connectivity index (χ1v) is 8.85.